The molecule has 0 bridgehead atoms. The molecule has 0 saturated heterocycles. The molecule has 0 unspecified atom stereocenters. The fourth-order valence-corrected chi connectivity index (χ4v) is 2.36. The summed E-state index contributed by atoms with van der Waals surface area (Å²) in [5.41, 5.74) is 0.672. The number of benzene rings is 2. The Kier molecular flexibility index (Phi) is 8.01. The minimum Gasteiger partial charge on any atom is -0.423 e. The number of rotatable bonds is 9. The van der Waals surface area contributed by atoms with E-state index >= 15 is 0 Å². The molecule has 0 aromatic heterocycles. The maximum absolute atomic E-state index is 11.8. The highest BCUT2D eigenvalue weighted by molar-refractivity contribution is 5.88. The van der Waals surface area contributed by atoms with Crippen LogP contribution in [-0.2, 0) is 19.2 Å². The molecule has 2 aromatic rings. The molecule has 0 fully saturated rings. The highest BCUT2D eigenvalue weighted by Crippen LogP contribution is 2.38. The smallest absolute Gasteiger partial charge is 0.335 e. The summed E-state index contributed by atoms with van der Waals surface area (Å²) in [4.78, 5) is 46.6. The topological polar surface area (TPSA) is 105 Å². The Morgan fingerprint density at radius 3 is 1.47 bits per heavy atom. The average Bonchev–Trinajstić information content (AvgIpc) is 2.78. The molecule has 0 aliphatic carbocycles. The zero-order chi connectivity index (χ0) is 23.7. The summed E-state index contributed by atoms with van der Waals surface area (Å²) in [6.07, 6.45) is 3.84. The fraction of sp³-hybridized carbons (Fsp3) is 0. The van der Waals surface area contributed by atoms with Crippen LogP contribution in [0, 0.1) is 0 Å². The molecule has 2 rings (SSSR count). The third-order valence-electron chi connectivity index (χ3n) is 3.68. The van der Waals surface area contributed by atoms with Crippen LogP contribution in [0.15, 0.2) is 87.0 Å². The van der Waals surface area contributed by atoms with Gasteiger partial charge in [0.15, 0.2) is 0 Å². The summed E-state index contributed by atoms with van der Waals surface area (Å²) in [6, 6.07) is 8.44. The van der Waals surface area contributed by atoms with Crippen LogP contribution >= 0.6 is 0 Å². The first-order chi connectivity index (χ1) is 15.3. The molecule has 0 atom stereocenters. The second kappa shape index (κ2) is 10.9. The van der Waals surface area contributed by atoms with E-state index < -0.39 is 23.9 Å². The number of esters is 4. The van der Waals surface area contributed by atoms with Gasteiger partial charge in [-0.3, -0.25) is 0 Å². The van der Waals surface area contributed by atoms with Crippen molar-refractivity contribution in [2.45, 2.75) is 0 Å². The predicted octanol–water partition coefficient (Wildman–Crippen LogP) is 3.72. The van der Waals surface area contributed by atoms with Crippen molar-refractivity contribution in [3.05, 3.63) is 87.0 Å². The van der Waals surface area contributed by atoms with Gasteiger partial charge in [0.2, 0.25) is 0 Å². The van der Waals surface area contributed by atoms with E-state index in [1.165, 1.54) is 36.4 Å². The van der Waals surface area contributed by atoms with Crippen molar-refractivity contribution < 1.29 is 38.1 Å². The van der Waals surface area contributed by atoms with Gasteiger partial charge >= 0.3 is 23.9 Å². The Hall–Kier alpha value is -4.72. The molecule has 8 heteroatoms. The largest absolute Gasteiger partial charge is 0.423 e. The van der Waals surface area contributed by atoms with Crippen LogP contribution in [0.5, 0.6) is 23.0 Å². The Morgan fingerprint density at radius 1 is 0.562 bits per heavy atom. The molecule has 32 heavy (non-hydrogen) atoms. The Labute approximate surface area is 183 Å². The number of carbonyl (C=O) groups excluding carboxylic acids is 4. The summed E-state index contributed by atoms with van der Waals surface area (Å²) in [6.45, 7) is 13.3. The summed E-state index contributed by atoms with van der Waals surface area (Å²) in [5, 5.41) is 0. The fourth-order valence-electron chi connectivity index (χ4n) is 2.36. The van der Waals surface area contributed by atoms with E-state index in [1.54, 1.807) is 0 Å². The van der Waals surface area contributed by atoms with Gasteiger partial charge in [0.05, 0.1) is 0 Å². The summed E-state index contributed by atoms with van der Waals surface area (Å²) in [7, 11) is 0. The van der Waals surface area contributed by atoms with Crippen molar-refractivity contribution in [3.63, 3.8) is 0 Å². The Bertz CT molecular complexity index is 1090. The number of ether oxygens (including phenoxy) is 4. The van der Waals surface area contributed by atoms with E-state index in [0.717, 1.165) is 24.3 Å². The lowest BCUT2D eigenvalue weighted by Gasteiger charge is -2.14. The molecule has 0 radical (unpaired) electrons. The summed E-state index contributed by atoms with van der Waals surface area (Å²) in [5.74, 6) is -2.83. The normalized spacial score (nSPS) is 9.62. The summed E-state index contributed by atoms with van der Waals surface area (Å²) >= 11 is 0. The lowest BCUT2D eigenvalue weighted by atomic mass is 10.0. The first-order valence-electron chi connectivity index (χ1n) is 8.96. The molecule has 0 aliphatic rings. The van der Waals surface area contributed by atoms with Crippen LogP contribution in [-0.4, -0.2) is 23.9 Å². The molecule has 0 spiro atoms. The number of carbonyl (C=O) groups is 4. The van der Waals surface area contributed by atoms with Gasteiger partial charge in [-0.15, -0.1) is 0 Å². The van der Waals surface area contributed by atoms with E-state index in [1.807, 2.05) is 0 Å². The number of hydrogen-bond donors (Lipinski definition) is 0. The summed E-state index contributed by atoms with van der Waals surface area (Å²) < 4.78 is 20.6. The maximum atomic E-state index is 11.8. The average molecular weight is 434 g/mol. The van der Waals surface area contributed by atoms with Crippen LogP contribution in [0.25, 0.3) is 11.1 Å². The second-order valence-electron chi connectivity index (χ2n) is 5.85. The van der Waals surface area contributed by atoms with Gasteiger partial charge in [-0.2, -0.15) is 0 Å². The Balaban J connectivity index is 2.62. The van der Waals surface area contributed by atoms with Crippen molar-refractivity contribution >= 4 is 23.9 Å². The van der Waals surface area contributed by atoms with Crippen molar-refractivity contribution in [2.75, 3.05) is 0 Å². The molecule has 0 saturated carbocycles. The van der Waals surface area contributed by atoms with Crippen molar-refractivity contribution in [3.8, 4) is 34.1 Å². The highest BCUT2D eigenvalue weighted by Gasteiger charge is 2.16. The van der Waals surface area contributed by atoms with E-state index in [0.29, 0.717) is 11.1 Å². The van der Waals surface area contributed by atoms with Crippen molar-refractivity contribution in [1.82, 2.24) is 0 Å². The van der Waals surface area contributed by atoms with Crippen LogP contribution in [0.4, 0.5) is 0 Å². The standard InChI is InChI=1S/C24H18O8/c1-5-21(25)29-16-9-10-19(20(14-16)32-24(28)8-4)15-11-17(30-22(26)6-2)13-18(12-15)31-23(27)7-3/h5-14H,1-4H2. The van der Waals surface area contributed by atoms with Crippen molar-refractivity contribution in [2.24, 2.45) is 0 Å². The van der Waals surface area contributed by atoms with Crippen molar-refractivity contribution in [1.29, 1.82) is 0 Å². The minimum absolute atomic E-state index is 0.00235. The molecule has 0 aliphatic heterocycles. The van der Waals surface area contributed by atoms with E-state index in [2.05, 4.69) is 26.3 Å². The van der Waals surface area contributed by atoms with Crippen LogP contribution in [0.1, 0.15) is 0 Å². The van der Waals surface area contributed by atoms with Gasteiger partial charge < -0.3 is 18.9 Å². The van der Waals surface area contributed by atoms with Crippen LogP contribution in [0.3, 0.4) is 0 Å². The predicted molar refractivity (Wildman–Crippen MR) is 115 cm³/mol. The van der Waals surface area contributed by atoms with E-state index in [4.69, 9.17) is 18.9 Å². The van der Waals surface area contributed by atoms with Gasteiger partial charge in [-0.05, 0) is 29.8 Å². The monoisotopic (exact) mass is 434 g/mol. The minimum atomic E-state index is -0.772. The third-order valence-corrected chi connectivity index (χ3v) is 3.68. The molecule has 8 nitrogen and oxygen atoms in total. The van der Waals surface area contributed by atoms with E-state index in [9.17, 15) is 19.2 Å². The van der Waals surface area contributed by atoms with Gasteiger partial charge in [-0.25, -0.2) is 19.2 Å². The van der Waals surface area contributed by atoms with Gasteiger partial charge in [0, 0.05) is 42.0 Å². The zero-order valence-electron chi connectivity index (χ0n) is 16.9. The van der Waals surface area contributed by atoms with Gasteiger partial charge in [0.25, 0.3) is 0 Å². The lowest BCUT2D eigenvalue weighted by Crippen LogP contribution is -2.08. The molecule has 0 heterocycles. The lowest BCUT2D eigenvalue weighted by molar-refractivity contribution is -0.130. The first-order valence-corrected chi connectivity index (χ1v) is 8.96. The maximum Gasteiger partial charge on any atom is 0.335 e. The SMILES string of the molecule is C=CC(=O)Oc1cc(OC(=O)C=C)cc(-c2ccc(OC(=O)C=C)cc2OC(=O)C=C)c1. The zero-order valence-corrected chi connectivity index (χ0v) is 16.9. The molecular formula is C24H18O8. The van der Waals surface area contributed by atoms with Gasteiger partial charge in [0.1, 0.15) is 23.0 Å². The highest BCUT2D eigenvalue weighted by atomic mass is 16.6. The molecule has 0 N–H and O–H groups in total. The van der Waals surface area contributed by atoms with E-state index in [-0.39, 0.29) is 23.0 Å². The third kappa shape index (κ3) is 6.39. The molecular weight excluding hydrogens is 416 g/mol. The quantitative estimate of drug-likeness (QED) is 0.334. The Morgan fingerprint density at radius 2 is 1.00 bits per heavy atom. The van der Waals surface area contributed by atoms with Gasteiger partial charge in [-0.1, -0.05) is 26.3 Å². The molecule has 2 aromatic carbocycles. The molecule has 0 amide bonds. The molecule has 162 valence electrons. The first kappa shape index (κ1) is 23.6. The van der Waals surface area contributed by atoms with Crippen LogP contribution in [0.2, 0.25) is 0 Å². The van der Waals surface area contributed by atoms with Crippen LogP contribution < -0.4 is 18.9 Å². The second-order valence-corrected chi connectivity index (χ2v) is 5.85. The number of hydrogen-bond acceptors (Lipinski definition) is 8.